The summed E-state index contributed by atoms with van der Waals surface area (Å²) >= 11 is 0. The van der Waals surface area contributed by atoms with Crippen molar-refractivity contribution in [2.75, 3.05) is 18.4 Å². The van der Waals surface area contributed by atoms with E-state index >= 15 is 0 Å². The molecule has 4 N–H and O–H groups in total. The maximum absolute atomic E-state index is 12.6. The number of hydrogen-bond donors (Lipinski definition) is 4. The second-order valence-electron chi connectivity index (χ2n) is 8.43. The van der Waals surface area contributed by atoms with Gasteiger partial charge < -0.3 is 20.3 Å². The summed E-state index contributed by atoms with van der Waals surface area (Å²) in [6.45, 7) is 6.14. The van der Waals surface area contributed by atoms with Gasteiger partial charge in [0.1, 0.15) is 11.5 Å². The summed E-state index contributed by atoms with van der Waals surface area (Å²) in [5, 5.41) is 17.3. The van der Waals surface area contributed by atoms with Gasteiger partial charge in [0.25, 0.3) is 5.91 Å². The van der Waals surface area contributed by atoms with Crippen molar-refractivity contribution in [3.63, 3.8) is 0 Å². The van der Waals surface area contributed by atoms with Gasteiger partial charge >= 0.3 is 0 Å². The zero-order chi connectivity index (χ0) is 24.4. The number of likely N-dealkylation sites (tertiary alicyclic amines) is 1. The van der Waals surface area contributed by atoms with Crippen molar-refractivity contribution in [1.29, 1.82) is 0 Å². The summed E-state index contributed by atoms with van der Waals surface area (Å²) in [7, 11) is 0. The van der Waals surface area contributed by atoms with Gasteiger partial charge in [0, 0.05) is 54.4 Å². The molecule has 9 heteroatoms. The van der Waals surface area contributed by atoms with Crippen molar-refractivity contribution in [2.24, 2.45) is 5.10 Å². The van der Waals surface area contributed by atoms with E-state index < -0.39 is 6.10 Å². The third-order valence-electron chi connectivity index (χ3n) is 5.90. The third kappa shape index (κ3) is 4.75. The molecule has 0 bridgehead atoms. The van der Waals surface area contributed by atoms with Crippen LogP contribution in [0.1, 0.15) is 23.0 Å². The van der Waals surface area contributed by atoms with E-state index in [2.05, 4.69) is 37.5 Å². The fraction of sp³-hybridized carbons (Fsp3) is 0.154. The Balaban J connectivity index is 1.33. The van der Waals surface area contributed by atoms with E-state index in [4.69, 9.17) is 0 Å². The van der Waals surface area contributed by atoms with Crippen LogP contribution in [0, 0.1) is 0 Å². The highest BCUT2D eigenvalue weighted by atomic mass is 16.3. The van der Waals surface area contributed by atoms with Crippen LogP contribution in [0.2, 0.25) is 0 Å². The number of β-amino-alcohol motifs (C(OH)–C–C–N with tert-alkyl or cyclic N) is 1. The highest BCUT2D eigenvalue weighted by Gasteiger charge is 2.30. The molecule has 1 fully saturated rings. The van der Waals surface area contributed by atoms with Gasteiger partial charge in [-0.05, 0) is 48.4 Å². The van der Waals surface area contributed by atoms with Crippen LogP contribution in [0.15, 0.2) is 72.1 Å². The number of aromatic amines is 1. The molecule has 1 aliphatic rings. The molecule has 1 saturated heterocycles. The minimum atomic E-state index is -0.427. The predicted octanol–water partition coefficient (Wildman–Crippen LogP) is 3.75. The Morgan fingerprint density at radius 3 is 2.74 bits per heavy atom. The van der Waals surface area contributed by atoms with Crippen LogP contribution < -0.4 is 10.7 Å². The normalized spacial score (nSPS) is 14.0. The van der Waals surface area contributed by atoms with E-state index in [-0.39, 0.29) is 5.91 Å². The quantitative estimate of drug-likeness (QED) is 0.243. The monoisotopic (exact) mass is 467 g/mol. The molecular formula is C26H25N7O2. The number of aliphatic hydroxyl groups is 1. The average molecular weight is 468 g/mol. The van der Waals surface area contributed by atoms with Crippen molar-refractivity contribution in [3.05, 3.63) is 78.3 Å². The molecule has 0 unspecified atom stereocenters. The maximum atomic E-state index is 12.6. The fourth-order valence-corrected chi connectivity index (χ4v) is 3.93. The minimum absolute atomic E-state index is 0.110. The van der Waals surface area contributed by atoms with E-state index in [1.54, 1.807) is 17.3 Å². The van der Waals surface area contributed by atoms with Gasteiger partial charge in [-0.25, -0.2) is 9.97 Å². The molecule has 4 aromatic rings. The van der Waals surface area contributed by atoms with E-state index in [0.717, 1.165) is 33.3 Å². The van der Waals surface area contributed by atoms with Gasteiger partial charge in [0.05, 0.1) is 6.10 Å². The van der Waals surface area contributed by atoms with Crippen LogP contribution in [-0.2, 0) is 0 Å². The smallest absolute Gasteiger partial charge is 0.270 e. The van der Waals surface area contributed by atoms with Crippen molar-refractivity contribution < 1.29 is 9.90 Å². The Hall–Kier alpha value is -4.50. The minimum Gasteiger partial charge on any atom is -0.389 e. The van der Waals surface area contributed by atoms with Gasteiger partial charge in [-0.2, -0.15) is 5.10 Å². The summed E-state index contributed by atoms with van der Waals surface area (Å²) in [5.74, 6) is 1.14. The van der Waals surface area contributed by atoms with Crippen LogP contribution >= 0.6 is 0 Å². The van der Waals surface area contributed by atoms with Crippen LogP contribution in [0.3, 0.4) is 0 Å². The Morgan fingerprint density at radius 2 is 2.00 bits per heavy atom. The van der Waals surface area contributed by atoms with E-state index in [1.807, 2.05) is 61.5 Å². The number of hydrazone groups is 1. The number of anilines is 2. The number of fused-ring (bicyclic) bond motifs is 1. The topological polar surface area (TPSA) is 119 Å². The number of allylic oxidation sites excluding steroid dienone is 1. The summed E-state index contributed by atoms with van der Waals surface area (Å²) in [5.41, 5.74) is 7.92. The molecular weight excluding hydrogens is 442 g/mol. The molecule has 2 aromatic carbocycles. The van der Waals surface area contributed by atoms with Crippen molar-refractivity contribution in [1.82, 2.24) is 25.3 Å². The molecule has 176 valence electrons. The van der Waals surface area contributed by atoms with Crippen LogP contribution in [0.25, 0.3) is 27.9 Å². The fourth-order valence-electron chi connectivity index (χ4n) is 3.93. The highest BCUT2D eigenvalue weighted by Crippen LogP contribution is 2.25. The highest BCUT2D eigenvalue weighted by molar-refractivity contribution is 5.99. The zero-order valence-corrected chi connectivity index (χ0v) is 19.2. The number of nitrogens with zero attached hydrogens (tertiary/aromatic N) is 4. The molecule has 1 amide bonds. The molecule has 35 heavy (non-hydrogen) atoms. The Morgan fingerprint density at radius 1 is 1.20 bits per heavy atom. The van der Waals surface area contributed by atoms with Gasteiger partial charge in [-0.1, -0.05) is 24.3 Å². The number of aromatic nitrogens is 3. The first-order valence-electron chi connectivity index (χ1n) is 11.2. The first kappa shape index (κ1) is 22.3. The third-order valence-corrected chi connectivity index (χ3v) is 5.90. The number of hydrogen-bond acceptors (Lipinski definition) is 7. The lowest BCUT2D eigenvalue weighted by Crippen LogP contribution is -2.53. The van der Waals surface area contributed by atoms with Gasteiger partial charge in [0.2, 0.25) is 0 Å². The van der Waals surface area contributed by atoms with Gasteiger partial charge in [-0.3, -0.25) is 10.2 Å². The second-order valence-corrected chi connectivity index (χ2v) is 8.43. The first-order valence-corrected chi connectivity index (χ1v) is 11.2. The van der Waals surface area contributed by atoms with E-state index in [9.17, 15) is 9.90 Å². The molecule has 0 atom stereocenters. The standard InChI is InChI=1S/C26H25N7O2/c1-16(13-29-27-2)17-5-7-20(8-6-17)30-24-9-10-28-25(32-24)19-4-3-18-11-23(31-22(18)12-19)26(35)33-14-21(34)15-33/h3-13,21,29,31,34H,2,14-15H2,1H3,(H,28,30,32)/b16-13+. The molecule has 0 radical (unpaired) electrons. The summed E-state index contributed by atoms with van der Waals surface area (Å²) in [4.78, 5) is 26.5. The van der Waals surface area contributed by atoms with E-state index in [1.165, 1.54) is 0 Å². The zero-order valence-electron chi connectivity index (χ0n) is 19.2. The number of H-pyrrole nitrogens is 1. The van der Waals surface area contributed by atoms with Crippen molar-refractivity contribution in [3.8, 4) is 11.4 Å². The Bertz CT molecular complexity index is 1420. The SMILES string of the molecule is C=NN/C=C(\C)c1ccc(Nc2ccnc(-c3ccc4cc(C(=O)N5CC(O)C5)[nH]c4c3)n2)cc1. The van der Waals surface area contributed by atoms with Crippen LogP contribution in [-0.4, -0.2) is 56.8 Å². The Kier molecular flexibility index (Phi) is 5.99. The largest absolute Gasteiger partial charge is 0.389 e. The average Bonchev–Trinajstić information content (AvgIpc) is 3.29. The molecule has 9 nitrogen and oxygen atoms in total. The van der Waals surface area contributed by atoms with Crippen LogP contribution in [0.4, 0.5) is 11.5 Å². The number of benzene rings is 2. The summed E-state index contributed by atoms with van der Waals surface area (Å²) in [6, 6.07) is 17.5. The first-order chi connectivity index (χ1) is 17.0. The summed E-state index contributed by atoms with van der Waals surface area (Å²) in [6.07, 6.45) is 3.08. The lowest BCUT2D eigenvalue weighted by atomic mass is 10.1. The van der Waals surface area contributed by atoms with E-state index in [0.29, 0.717) is 30.4 Å². The van der Waals surface area contributed by atoms with Crippen LogP contribution in [0.5, 0.6) is 0 Å². The number of nitrogens with one attached hydrogen (secondary N) is 3. The number of rotatable bonds is 7. The molecule has 0 aliphatic carbocycles. The molecule has 5 rings (SSSR count). The Labute approximate surface area is 202 Å². The molecule has 0 saturated carbocycles. The van der Waals surface area contributed by atoms with Crippen molar-refractivity contribution in [2.45, 2.75) is 13.0 Å². The molecule has 2 aromatic heterocycles. The maximum Gasteiger partial charge on any atom is 0.270 e. The number of carbonyl (C=O) groups excluding carboxylic acids is 1. The molecule has 3 heterocycles. The number of amides is 1. The lowest BCUT2D eigenvalue weighted by molar-refractivity contribution is 0.00557. The summed E-state index contributed by atoms with van der Waals surface area (Å²) < 4.78 is 0. The van der Waals surface area contributed by atoms with Crippen molar-refractivity contribution >= 4 is 40.6 Å². The van der Waals surface area contributed by atoms with Gasteiger partial charge in [0.15, 0.2) is 5.82 Å². The molecule has 0 spiro atoms. The van der Waals surface area contributed by atoms with Gasteiger partial charge in [-0.15, -0.1) is 0 Å². The number of carbonyl (C=O) groups is 1. The number of aliphatic hydroxyl groups excluding tert-OH is 1. The molecule has 1 aliphatic heterocycles. The predicted molar refractivity (Wildman–Crippen MR) is 137 cm³/mol. The second kappa shape index (κ2) is 9.40. The lowest BCUT2D eigenvalue weighted by Gasteiger charge is -2.35.